The Balaban J connectivity index is 0.000000147. The Morgan fingerprint density at radius 2 is 0.542 bits per heavy atom. The summed E-state index contributed by atoms with van der Waals surface area (Å²) in [7, 11) is 1.16. The first kappa shape index (κ1) is 87.4. The van der Waals surface area contributed by atoms with Crippen molar-refractivity contribution in [3.05, 3.63) is 215 Å². The van der Waals surface area contributed by atoms with Gasteiger partial charge in [-0.15, -0.1) is 24.9 Å². The van der Waals surface area contributed by atoms with E-state index in [1.807, 2.05) is 91.0 Å². The van der Waals surface area contributed by atoms with Crippen molar-refractivity contribution in [2.75, 3.05) is 7.11 Å². The summed E-state index contributed by atoms with van der Waals surface area (Å²) in [6.07, 6.45) is -4.45. The summed E-state index contributed by atoms with van der Waals surface area (Å²) in [5.74, 6) is -5.67. The molecule has 43 nitrogen and oxygen atoms in total. The summed E-state index contributed by atoms with van der Waals surface area (Å²) >= 11 is 0. The van der Waals surface area contributed by atoms with Gasteiger partial charge in [0.25, 0.3) is 23.3 Å². The highest BCUT2D eigenvalue weighted by molar-refractivity contribution is 6.22. The highest BCUT2D eigenvalue weighted by Gasteiger charge is 2.39. The van der Waals surface area contributed by atoms with E-state index in [2.05, 4.69) is 134 Å². The molecule has 0 bridgehead atoms. The van der Waals surface area contributed by atoms with E-state index >= 15 is 0 Å². The fourth-order valence-corrected chi connectivity index (χ4v) is 12.5. The number of fused-ring (bicyclic) bond motifs is 24. The average molecular weight is 1740 g/mol. The van der Waals surface area contributed by atoms with E-state index in [4.69, 9.17) is 77.3 Å². The molecule has 0 amide bonds. The molecule has 12 heterocycles. The number of esters is 1. The molecule has 0 aliphatic carbocycles. The monoisotopic (exact) mass is 1740 g/mol. The summed E-state index contributed by atoms with van der Waals surface area (Å²) < 4.78 is 87.0. The molecule has 0 saturated carbocycles. The molecule has 12 aromatic heterocycles. The number of halogens is 6. The number of aryl methyl sites for hydroxylation is 4. The molecule has 18 rings (SSSR count). The lowest BCUT2D eigenvalue weighted by atomic mass is 10.0. The number of aromatic nitrogens is 24. The van der Waals surface area contributed by atoms with Gasteiger partial charge in [0.1, 0.15) is 153 Å². The van der Waals surface area contributed by atoms with Crippen molar-refractivity contribution in [1.29, 1.82) is 42.1 Å². The minimum Gasteiger partial charge on any atom is -0.464 e. The highest BCUT2D eigenvalue weighted by atomic mass is 19.4. The van der Waals surface area contributed by atoms with Crippen LogP contribution in [0.5, 0.6) is 0 Å². The van der Waals surface area contributed by atoms with E-state index in [0.29, 0.717) is 22.8 Å². The van der Waals surface area contributed by atoms with E-state index in [0.717, 1.165) is 18.2 Å². The number of rotatable bonds is 3. The lowest BCUT2D eigenvalue weighted by Gasteiger charge is -2.12. The summed E-state index contributed by atoms with van der Waals surface area (Å²) in [5, 5.41) is 74.4. The predicted octanol–water partition coefficient (Wildman–Crippen LogP) is 12.4. The summed E-state index contributed by atoms with van der Waals surface area (Å²) in [4.78, 5) is 161. The third-order valence-electron chi connectivity index (χ3n) is 18.0. The average Bonchev–Trinajstić information content (AvgIpc) is 0.734. The minimum absolute atomic E-state index is 0.0264. The van der Waals surface area contributed by atoms with E-state index in [1.54, 1.807) is 13.8 Å². The van der Waals surface area contributed by atoms with Gasteiger partial charge in [-0.25, -0.2) is 89.5 Å². The van der Waals surface area contributed by atoms with Crippen LogP contribution in [-0.4, -0.2) is 145 Å². The SMILES string of the molecule is O=C=O.O=C=O.[C-]#[N+]c1nc2c3nc(C#N)c(C#N)nc3c3nc(-c4ccccc4)c(-c4ccccc4)nc3c2nc1[N+]#[C-].[C-]#[N+]c1nc2c3nc(C)c(C#N)nc3c3nc(C(=O)OC)c(C#N)nc3c2nc1C.[C-]#[N+]c1nc2c3nc(C)c(C#N)nc3c3nc(C(F)(F)F)c(C#N)nc3c2nc1C.[C-]#[N+]c1nc2c3nc(F)c(C#N)nc3c3nc(F)c(C#N)nc3c2nc1F. The third-order valence-corrected chi connectivity index (χ3v) is 18.0. The lowest BCUT2D eigenvalue weighted by molar-refractivity contribution is -0.193. The predicted molar refractivity (Wildman–Crippen MR) is 428 cm³/mol. The second kappa shape index (κ2) is 35.7. The number of carbonyl (C=O) groups is 1. The fourth-order valence-electron chi connectivity index (χ4n) is 12.5. The van der Waals surface area contributed by atoms with Gasteiger partial charge in [0, 0.05) is 11.1 Å². The molecule has 0 atom stereocenters. The van der Waals surface area contributed by atoms with Gasteiger partial charge in [-0.05, 0) is 27.7 Å². The molecule has 0 spiro atoms. The summed E-state index contributed by atoms with van der Waals surface area (Å²) in [6, 6.07) is 32.7. The Hall–Kier alpha value is -21.4. The molecule has 6 aromatic carbocycles. The number of ether oxygens (including phenoxy) is 1. The molecule has 18 aromatic rings. The molecule has 0 radical (unpaired) electrons. The second-order valence-electron chi connectivity index (χ2n) is 25.4. The highest BCUT2D eigenvalue weighted by Crippen LogP contribution is 2.42. The maximum absolute atomic E-state index is 14.0. The Morgan fingerprint density at radius 1 is 0.298 bits per heavy atom. The number of hydrogen-bond donors (Lipinski definition) is 0. The molecule has 616 valence electrons. The van der Waals surface area contributed by atoms with E-state index in [-0.39, 0.29) is 214 Å². The van der Waals surface area contributed by atoms with Gasteiger partial charge < -0.3 is 29.0 Å². The largest absolute Gasteiger partial charge is 0.464 e. The molecule has 49 heteroatoms. The zero-order chi connectivity index (χ0) is 94.3. The third kappa shape index (κ3) is 15.7. The molecule has 0 unspecified atom stereocenters. The molecule has 0 saturated heterocycles. The number of hydrogen-bond acceptors (Lipinski definition) is 38. The van der Waals surface area contributed by atoms with Gasteiger partial charge in [-0.2, -0.15) is 87.6 Å². The molecule has 131 heavy (non-hydrogen) atoms. The zero-order valence-electron chi connectivity index (χ0n) is 65.5. The zero-order valence-corrected chi connectivity index (χ0v) is 65.5. The molecular formula is C82H25F6N37O6. The van der Waals surface area contributed by atoms with Gasteiger partial charge in [-0.1, -0.05) is 93.5 Å². The molecule has 0 aliphatic rings. The van der Waals surface area contributed by atoms with Gasteiger partial charge in [-0.3, -0.25) is 9.97 Å². The molecule has 0 fully saturated rings. The van der Waals surface area contributed by atoms with Crippen LogP contribution in [-0.2, 0) is 30.1 Å². The summed E-state index contributed by atoms with van der Waals surface area (Å²) in [5.41, 5.74) is -0.824. The van der Waals surface area contributed by atoms with Crippen LogP contribution in [0.4, 0.5) is 55.4 Å². The van der Waals surface area contributed by atoms with Crippen molar-refractivity contribution in [1.82, 2.24) is 120 Å². The minimum atomic E-state index is -4.95. The van der Waals surface area contributed by atoms with Gasteiger partial charge in [0.05, 0.1) is 41.3 Å². The van der Waals surface area contributed by atoms with Crippen LogP contribution in [0.1, 0.15) is 84.5 Å². The van der Waals surface area contributed by atoms with Crippen LogP contribution < -0.4 is 0 Å². The van der Waals surface area contributed by atoms with Crippen molar-refractivity contribution in [3.63, 3.8) is 0 Å². The van der Waals surface area contributed by atoms with Crippen molar-refractivity contribution >= 4 is 180 Å². The number of nitriles is 8. The maximum atomic E-state index is 14.0. The van der Waals surface area contributed by atoms with Gasteiger partial charge in [0.15, 0.2) is 56.9 Å². The van der Waals surface area contributed by atoms with Crippen molar-refractivity contribution < 1.29 is 55.1 Å². The molecule has 0 aliphatic heterocycles. The Labute approximate surface area is 720 Å². The van der Waals surface area contributed by atoms with Crippen molar-refractivity contribution in [2.45, 2.75) is 33.9 Å². The van der Waals surface area contributed by atoms with Crippen LogP contribution in [0.3, 0.4) is 0 Å². The Kier molecular flexibility index (Phi) is 23.8. The van der Waals surface area contributed by atoms with E-state index in [1.165, 1.54) is 32.1 Å². The quantitative estimate of drug-likeness (QED) is 0.0686. The van der Waals surface area contributed by atoms with Crippen molar-refractivity contribution in [3.8, 4) is 71.1 Å². The normalized spacial score (nSPS) is 10.4. The Morgan fingerprint density at radius 3 is 0.863 bits per heavy atom. The summed E-state index contributed by atoms with van der Waals surface area (Å²) in [6.45, 7) is 42.7. The number of nitrogens with zero attached hydrogens (tertiary/aromatic N) is 37. The topological polar surface area (TPSA) is 616 Å². The van der Waals surface area contributed by atoms with E-state index in [9.17, 15) is 62.7 Å². The van der Waals surface area contributed by atoms with Crippen molar-refractivity contribution in [2.24, 2.45) is 0 Å². The standard InChI is InChI=1S/C28H10N10.C19H9N9O2.C18H6F3N9.C15F3N9.2CO2/c1-31-27-28(32-2)38-26-24-23(21-22(25(26)37-27)34-18(14-30)17(13-29)33-21)35-19(15-9-5-3-6-10-15)20(36-24)16-11-7-4-8-12-16;1-7-9(5-20)25-14-12(23-7)17-13(24-8(2)18(22-3)28-17)15-16(14)27-11(19(29)30-4)10(6-21)26-15;1-6-8(4-22)27-12-10(25-6)15-11(26-7(2)17(24-3)30-15)13-14(12)29-16(18(19,20)21)9(5-23)28-13;1-21-15-14(18)26-10-7-8(24-12(16)4(2-19)23-7)6-9(11(10)27-15)25-13(17)5(3-20)22-6;2*2-1-3/h3-12H;1-2,4H3;1-2H3;;;. The smallest absolute Gasteiger partial charge is 0.436 e. The van der Waals surface area contributed by atoms with E-state index < -0.39 is 58.6 Å². The second-order valence-corrected chi connectivity index (χ2v) is 25.4. The van der Waals surface area contributed by atoms with Gasteiger partial charge in [0.2, 0.25) is 45.4 Å². The maximum Gasteiger partial charge on any atom is 0.436 e. The number of methoxy groups -OCH3 is 1. The lowest BCUT2D eigenvalue weighted by Crippen LogP contribution is -2.13. The van der Waals surface area contributed by atoms with Gasteiger partial charge >= 0.3 is 30.3 Å². The van der Waals surface area contributed by atoms with Crippen LogP contribution in [0.15, 0.2) is 60.7 Å². The molecule has 0 N–H and O–H groups in total. The van der Waals surface area contributed by atoms with Crippen LogP contribution in [0, 0.1) is 169 Å². The first-order valence-electron chi connectivity index (χ1n) is 35.3. The first-order valence-corrected chi connectivity index (χ1v) is 35.3. The molecular weight excluding hydrogens is 1710 g/mol. The first-order chi connectivity index (χ1) is 63.1. The number of alkyl halides is 3. The fraction of sp³-hybridized carbons (Fsp3) is 0.0732. The van der Waals surface area contributed by atoms with Crippen LogP contribution >= 0.6 is 0 Å². The van der Waals surface area contributed by atoms with Crippen LogP contribution in [0.2, 0.25) is 0 Å². The number of benzene rings is 6. The Bertz CT molecular complexity index is 8460. The van der Waals surface area contributed by atoms with Crippen LogP contribution in [0.25, 0.3) is 179 Å². The number of carbonyl (C=O) groups excluding carboxylic acids is 5.